The molecule has 1 aliphatic rings. The lowest BCUT2D eigenvalue weighted by Gasteiger charge is -2.29. The summed E-state index contributed by atoms with van der Waals surface area (Å²) in [6.45, 7) is 36.2. The molecule has 0 aliphatic carbocycles. The fourth-order valence-corrected chi connectivity index (χ4v) is 2.47. The van der Waals surface area contributed by atoms with E-state index in [0.29, 0.717) is 12.2 Å². The van der Waals surface area contributed by atoms with Gasteiger partial charge in [0.05, 0.1) is 2.74 Å². The Hall–Kier alpha value is -3.09. The van der Waals surface area contributed by atoms with Crippen LogP contribution in [0.5, 0.6) is 0 Å². The number of hydrogen-bond donors (Lipinski definition) is 0. The summed E-state index contributed by atoms with van der Waals surface area (Å²) in [5.74, 6) is 7.27. The Labute approximate surface area is 292 Å². The van der Waals surface area contributed by atoms with Crippen molar-refractivity contribution in [2.24, 2.45) is 27.1 Å². The minimum atomic E-state index is -0.542. The molecule has 268 valence electrons. The van der Waals surface area contributed by atoms with Crippen LogP contribution in [0.25, 0.3) is 0 Å². The van der Waals surface area contributed by atoms with Crippen LogP contribution in [0.4, 0.5) is 0 Å². The SMILES string of the molecule is C#CC(=O)C(C)(C)C.CC#CC(=O)C(C)(C)C.CC(C)(C)C(=O)/C=C/CN1CCC1.CCC(=O)C(C)(C)C.[2H]/C(C)=C(/[2H])C(=O)C(C)(C)C. The molecule has 0 N–H and O–H groups in total. The van der Waals surface area contributed by atoms with Gasteiger partial charge in [-0.3, -0.25) is 28.9 Å². The normalized spacial score (nSPS) is 14.2. The van der Waals surface area contributed by atoms with Crippen LogP contribution in [-0.4, -0.2) is 53.5 Å². The molecular formula is C41H69NO5. The lowest BCUT2D eigenvalue weighted by atomic mass is 9.90. The summed E-state index contributed by atoms with van der Waals surface area (Å²) >= 11 is 0. The minimum Gasteiger partial charge on any atom is -0.300 e. The highest BCUT2D eigenvalue weighted by Crippen LogP contribution is 2.17. The molecule has 1 heterocycles. The Morgan fingerprint density at radius 3 is 1.30 bits per heavy atom. The Bertz CT molecular complexity index is 1240. The van der Waals surface area contributed by atoms with Crippen LogP contribution < -0.4 is 0 Å². The van der Waals surface area contributed by atoms with E-state index in [2.05, 4.69) is 22.7 Å². The van der Waals surface area contributed by atoms with Gasteiger partial charge in [0, 0.05) is 40.0 Å². The predicted octanol–water partition coefficient (Wildman–Crippen LogP) is 8.91. The molecule has 47 heavy (non-hydrogen) atoms. The highest BCUT2D eigenvalue weighted by molar-refractivity contribution is 5.99. The molecule has 0 saturated carbocycles. The van der Waals surface area contributed by atoms with Gasteiger partial charge in [-0.15, -0.1) is 6.42 Å². The lowest BCUT2D eigenvalue weighted by Crippen LogP contribution is -2.37. The number of Topliss-reactive ketones (excluding diaryl/α,β-unsaturated/α-hetero) is 3. The number of nitrogens with zero attached hydrogens (tertiary/aromatic N) is 1. The average molecular weight is 658 g/mol. The molecule has 0 radical (unpaired) electrons. The van der Waals surface area contributed by atoms with Crippen molar-refractivity contribution in [2.45, 2.75) is 137 Å². The number of likely N-dealkylation sites (tertiary alicyclic amines) is 1. The van der Waals surface area contributed by atoms with E-state index in [1.54, 1.807) is 54.5 Å². The van der Waals surface area contributed by atoms with E-state index in [-0.39, 0.29) is 56.9 Å². The second-order valence-electron chi connectivity index (χ2n) is 16.3. The lowest BCUT2D eigenvalue weighted by molar-refractivity contribution is -0.126. The molecule has 1 fully saturated rings. The van der Waals surface area contributed by atoms with Crippen LogP contribution >= 0.6 is 0 Å². The molecule has 6 heteroatoms. The number of carbonyl (C=O) groups excluding carboxylic acids is 5. The van der Waals surface area contributed by atoms with Crippen molar-refractivity contribution >= 4 is 28.9 Å². The van der Waals surface area contributed by atoms with E-state index in [1.807, 2.05) is 75.3 Å². The van der Waals surface area contributed by atoms with Gasteiger partial charge in [-0.05, 0) is 57.3 Å². The van der Waals surface area contributed by atoms with Crippen LogP contribution in [0.15, 0.2) is 24.3 Å². The second-order valence-corrected chi connectivity index (χ2v) is 16.3. The monoisotopic (exact) mass is 658 g/mol. The largest absolute Gasteiger partial charge is 0.300 e. The molecular weight excluding hydrogens is 586 g/mol. The number of rotatable bonds is 5. The zero-order chi connectivity index (χ0) is 40.2. The van der Waals surface area contributed by atoms with Crippen molar-refractivity contribution in [2.75, 3.05) is 19.6 Å². The van der Waals surface area contributed by atoms with Crippen molar-refractivity contribution < 1.29 is 26.7 Å². The first kappa shape index (κ1) is 46.0. The standard InChI is InChI=1S/C11H19NO.C8H14O.C8H12O.C7H14O.C7H10O/c1-11(2,3)10(13)6-4-7-12-8-5-9-12;2*1-5-6-7(9)8(2,3)4;2*1-5-6(8)7(2,3)4/h4,6H,5,7-9H2,1-3H3;5-6H,1-4H3;1-4H3;5H2,1-4H3;1H,2-4H3/b6-4+;6-5+;;;/i;5D,6D;;;. The third-order valence-corrected chi connectivity index (χ3v) is 6.13. The van der Waals surface area contributed by atoms with Crippen molar-refractivity contribution in [1.82, 2.24) is 4.90 Å². The van der Waals surface area contributed by atoms with Gasteiger partial charge >= 0.3 is 0 Å². The summed E-state index contributed by atoms with van der Waals surface area (Å²) in [7, 11) is 0. The predicted molar refractivity (Wildman–Crippen MR) is 200 cm³/mol. The highest BCUT2D eigenvalue weighted by atomic mass is 16.1. The summed E-state index contributed by atoms with van der Waals surface area (Å²) < 4.78 is 14.3. The molecule has 0 atom stereocenters. The van der Waals surface area contributed by atoms with Gasteiger partial charge in [-0.2, -0.15) is 0 Å². The molecule has 0 amide bonds. The fraction of sp³-hybridized carbons (Fsp3) is 0.683. The highest BCUT2D eigenvalue weighted by Gasteiger charge is 2.20. The summed E-state index contributed by atoms with van der Waals surface area (Å²) in [4.78, 5) is 57.3. The fourth-order valence-electron chi connectivity index (χ4n) is 2.47. The van der Waals surface area contributed by atoms with Crippen molar-refractivity contribution in [1.29, 1.82) is 0 Å². The first-order valence-electron chi connectivity index (χ1n) is 17.3. The Balaban J connectivity index is -0.000000262. The van der Waals surface area contributed by atoms with Crippen molar-refractivity contribution in [3.8, 4) is 24.2 Å². The Morgan fingerprint density at radius 2 is 1.15 bits per heavy atom. The zero-order valence-corrected chi connectivity index (χ0v) is 33.3. The number of allylic oxidation sites excluding steroid dienone is 3. The van der Waals surface area contributed by atoms with Crippen molar-refractivity contribution in [3.05, 3.63) is 24.3 Å². The smallest absolute Gasteiger partial charge is 0.210 e. The van der Waals surface area contributed by atoms with E-state index in [0.717, 1.165) is 6.54 Å². The minimum absolute atomic E-state index is 0.00463. The molecule has 1 saturated heterocycles. The number of terminal acetylenes is 1. The van der Waals surface area contributed by atoms with Crippen LogP contribution in [-0.2, 0) is 24.0 Å². The molecule has 0 aromatic rings. The number of carbonyl (C=O) groups is 5. The quantitative estimate of drug-likeness (QED) is 0.167. The van der Waals surface area contributed by atoms with E-state index < -0.39 is 5.41 Å². The maximum absolute atomic E-state index is 11.4. The van der Waals surface area contributed by atoms with Gasteiger partial charge in [0.2, 0.25) is 11.6 Å². The molecule has 1 aliphatic heterocycles. The third-order valence-electron chi connectivity index (χ3n) is 6.13. The molecule has 0 bridgehead atoms. The molecule has 1 rings (SSSR count). The van der Waals surface area contributed by atoms with E-state index >= 15 is 0 Å². The molecule has 0 aromatic heterocycles. The third kappa shape index (κ3) is 30.0. The first-order valence-corrected chi connectivity index (χ1v) is 16.3. The maximum Gasteiger partial charge on any atom is 0.210 e. The van der Waals surface area contributed by atoms with Crippen LogP contribution in [0.2, 0.25) is 0 Å². The van der Waals surface area contributed by atoms with Gasteiger partial charge in [-0.1, -0.05) is 129 Å². The Morgan fingerprint density at radius 1 is 0.723 bits per heavy atom. The number of ketones is 5. The van der Waals surface area contributed by atoms with E-state index in [9.17, 15) is 24.0 Å². The van der Waals surface area contributed by atoms with Gasteiger partial charge in [0.25, 0.3) is 0 Å². The van der Waals surface area contributed by atoms with Gasteiger partial charge in [0.15, 0.2) is 11.6 Å². The van der Waals surface area contributed by atoms with Gasteiger partial charge in [0.1, 0.15) is 5.78 Å². The summed E-state index contributed by atoms with van der Waals surface area (Å²) in [6.07, 6.45) is 10.5. The average Bonchev–Trinajstić information content (AvgIpc) is 2.91. The molecule has 0 unspecified atom stereocenters. The second kappa shape index (κ2) is 23.3. The van der Waals surface area contributed by atoms with Crippen LogP contribution in [0, 0.1) is 51.3 Å². The van der Waals surface area contributed by atoms with E-state index in [1.165, 1.54) is 26.4 Å². The molecule has 6 nitrogen and oxygen atoms in total. The van der Waals surface area contributed by atoms with Gasteiger partial charge < -0.3 is 0 Å². The van der Waals surface area contributed by atoms with Crippen molar-refractivity contribution in [3.63, 3.8) is 0 Å². The maximum atomic E-state index is 11.4. The molecule has 0 aromatic carbocycles. The van der Waals surface area contributed by atoms with Crippen LogP contribution in [0.1, 0.15) is 140 Å². The first-order chi connectivity index (χ1) is 21.7. The topological polar surface area (TPSA) is 88.6 Å². The summed E-state index contributed by atoms with van der Waals surface area (Å²) in [5.41, 5.74) is -1.57. The van der Waals surface area contributed by atoms with Gasteiger partial charge in [-0.25, -0.2) is 0 Å². The van der Waals surface area contributed by atoms with E-state index in [4.69, 9.17) is 9.16 Å². The molecule has 0 spiro atoms. The summed E-state index contributed by atoms with van der Waals surface area (Å²) in [6, 6.07) is -0.151. The zero-order valence-electron chi connectivity index (χ0n) is 35.3. The summed E-state index contributed by atoms with van der Waals surface area (Å²) in [5, 5.41) is 0. The van der Waals surface area contributed by atoms with Crippen LogP contribution in [0.3, 0.4) is 0 Å². The number of hydrogen-bond acceptors (Lipinski definition) is 6. The Kier molecular flexibility index (Phi) is 22.8.